The Morgan fingerprint density at radius 3 is 2.50 bits per heavy atom. The number of nitrogens with zero attached hydrogens (tertiary/aromatic N) is 1. The van der Waals surface area contributed by atoms with Crippen LogP contribution in [-0.2, 0) is 4.79 Å². The first kappa shape index (κ1) is 20.4. The fourth-order valence-corrected chi connectivity index (χ4v) is 3.75. The van der Waals surface area contributed by atoms with Gasteiger partial charge >= 0.3 is 0 Å². The van der Waals surface area contributed by atoms with Gasteiger partial charge in [0.15, 0.2) is 10.7 Å². The molecular weight excluding hydrogens is 438 g/mol. The lowest BCUT2D eigenvalue weighted by Gasteiger charge is -2.10. The molecular formula is C22H16ClN3O2S2. The molecule has 0 radical (unpaired) electrons. The first-order valence-corrected chi connectivity index (χ1v) is 10.8. The average molecular weight is 454 g/mol. The highest BCUT2D eigenvalue weighted by molar-refractivity contribution is 8.00. The predicted molar refractivity (Wildman–Crippen MR) is 126 cm³/mol. The third-order valence-electron chi connectivity index (χ3n) is 4.12. The summed E-state index contributed by atoms with van der Waals surface area (Å²) in [5.41, 5.74) is 3.17. The Hall–Kier alpha value is -2.87. The minimum Gasteiger partial charge on any atom is -0.436 e. The van der Waals surface area contributed by atoms with Crippen LogP contribution < -0.4 is 10.6 Å². The van der Waals surface area contributed by atoms with Crippen LogP contribution in [0.1, 0.15) is 0 Å². The third kappa shape index (κ3) is 5.18. The zero-order chi connectivity index (χ0) is 20.9. The first-order chi connectivity index (χ1) is 14.6. The SMILES string of the molecule is O=C(CSc1ccc(Cl)cc1)NC(=S)Nc1ccc(-c2nc3ccccc3o2)cc1. The zero-order valence-electron chi connectivity index (χ0n) is 15.6. The van der Waals surface area contributed by atoms with Crippen LogP contribution in [0.15, 0.2) is 82.1 Å². The van der Waals surface area contributed by atoms with Crippen molar-refractivity contribution in [3.63, 3.8) is 0 Å². The normalized spacial score (nSPS) is 10.7. The molecule has 0 atom stereocenters. The Kier molecular flexibility index (Phi) is 6.32. The summed E-state index contributed by atoms with van der Waals surface area (Å²) < 4.78 is 5.77. The summed E-state index contributed by atoms with van der Waals surface area (Å²) in [7, 11) is 0. The maximum atomic E-state index is 12.1. The predicted octanol–water partition coefficient (Wildman–Crippen LogP) is 5.75. The van der Waals surface area contributed by atoms with Crippen LogP contribution in [-0.4, -0.2) is 21.8 Å². The molecule has 2 N–H and O–H groups in total. The van der Waals surface area contributed by atoms with Crippen LogP contribution in [0.5, 0.6) is 0 Å². The zero-order valence-corrected chi connectivity index (χ0v) is 18.0. The van der Waals surface area contributed by atoms with Crippen LogP contribution in [0.4, 0.5) is 5.69 Å². The van der Waals surface area contributed by atoms with E-state index in [1.54, 1.807) is 12.1 Å². The molecule has 30 heavy (non-hydrogen) atoms. The molecule has 0 aliphatic carbocycles. The summed E-state index contributed by atoms with van der Waals surface area (Å²) in [6.07, 6.45) is 0. The molecule has 0 saturated carbocycles. The molecule has 0 saturated heterocycles. The minimum absolute atomic E-state index is 0.185. The minimum atomic E-state index is -0.185. The number of nitrogens with one attached hydrogen (secondary N) is 2. The van der Waals surface area contributed by atoms with Crippen LogP contribution in [0.25, 0.3) is 22.6 Å². The maximum absolute atomic E-state index is 12.1. The molecule has 1 heterocycles. The fourth-order valence-electron chi connectivity index (χ4n) is 2.70. The van der Waals surface area contributed by atoms with E-state index in [-0.39, 0.29) is 16.8 Å². The smallest absolute Gasteiger partial charge is 0.236 e. The monoisotopic (exact) mass is 453 g/mol. The topological polar surface area (TPSA) is 67.2 Å². The van der Waals surface area contributed by atoms with Gasteiger partial charge in [0.2, 0.25) is 11.8 Å². The molecule has 0 spiro atoms. The number of aromatic nitrogens is 1. The lowest BCUT2D eigenvalue weighted by Crippen LogP contribution is -2.35. The van der Waals surface area contributed by atoms with Crippen molar-refractivity contribution in [2.24, 2.45) is 0 Å². The van der Waals surface area contributed by atoms with Crippen LogP contribution >= 0.6 is 35.6 Å². The summed E-state index contributed by atoms with van der Waals surface area (Å²) in [6.45, 7) is 0. The van der Waals surface area contributed by atoms with Gasteiger partial charge in [-0.1, -0.05) is 23.7 Å². The van der Waals surface area contributed by atoms with Gasteiger partial charge in [0.25, 0.3) is 0 Å². The van der Waals surface area contributed by atoms with E-state index in [1.807, 2.05) is 60.7 Å². The summed E-state index contributed by atoms with van der Waals surface area (Å²) in [5, 5.41) is 6.59. The molecule has 0 aliphatic heterocycles. The number of rotatable bonds is 5. The number of hydrogen-bond acceptors (Lipinski definition) is 5. The van der Waals surface area contributed by atoms with Crippen molar-refractivity contribution in [3.05, 3.63) is 77.8 Å². The number of thiocarbonyl (C=S) groups is 1. The first-order valence-electron chi connectivity index (χ1n) is 9.02. The summed E-state index contributed by atoms with van der Waals surface area (Å²) in [4.78, 5) is 17.5. The molecule has 0 bridgehead atoms. The van der Waals surface area contributed by atoms with E-state index in [4.69, 9.17) is 28.2 Å². The van der Waals surface area contributed by atoms with E-state index in [2.05, 4.69) is 15.6 Å². The molecule has 4 rings (SSSR count). The van der Waals surface area contributed by atoms with E-state index < -0.39 is 0 Å². The van der Waals surface area contributed by atoms with Gasteiger partial charge in [-0.05, 0) is 72.9 Å². The second-order valence-electron chi connectivity index (χ2n) is 6.31. The quantitative estimate of drug-likeness (QED) is 0.296. The van der Waals surface area contributed by atoms with E-state index in [0.717, 1.165) is 27.2 Å². The van der Waals surface area contributed by atoms with Crippen molar-refractivity contribution in [1.82, 2.24) is 10.3 Å². The van der Waals surface area contributed by atoms with Gasteiger partial charge in [-0.25, -0.2) is 4.98 Å². The van der Waals surface area contributed by atoms with Gasteiger partial charge in [-0.15, -0.1) is 11.8 Å². The lowest BCUT2D eigenvalue weighted by molar-refractivity contribution is -0.117. The number of hydrogen-bond donors (Lipinski definition) is 2. The number of para-hydroxylation sites is 2. The third-order valence-corrected chi connectivity index (χ3v) is 5.59. The standard InChI is InChI=1S/C22H16ClN3O2S2/c23-15-7-11-17(12-8-15)30-13-20(27)26-22(29)24-16-9-5-14(6-10-16)21-25-18-3-1-2-4-19(18)28-21/h1-12H,13H2,(H2,24,26,27,29). The molecule has 1 aromatic heterocycles. The Morgan fingerprint density at radius 1 is 1.03 bits per heavy atom. The number of anilines is 1. The van der Waals surface area contributed by atoms with E-state index in [9.17, 15) is 4.79 Å². The second-order valence-corrected chi connectivity index (χ2v) is 8.20. The van der Waals surface area contributed by atoms with Crippen molar-refractivity contribution < 1.29 is 9.21 Å². The largest absolute Gasteiger partial charge is 0.436 e. The molecule has 5 nitrogen and oxygen atoms in total. The molecule has 0 fully saturated rings. The number of amides is 1. The molecule has 1 amide bonds. The second kappa shape index (κ2) is 9.30. The van der Waals surface area contributed by atoms with Crippen molar-refractivity contribution in [2.45, 2.75) is 4.90 Å². The van der Waals surface area contributed by atoms with Gasteiger partial charge in [-0.3, -0.25) is 4.79 Å². The highest BCUT2D eigenvalue weighted by Crippen LogP contribution is 2.25. The van der Waals surface area contributed by atoms with Crippen molar-refractivity contribution in [1.29, 1.82) is 0 Å². The Balaban J connectivity index is 1.30. The van der Waals surface area contributed by atoms with Crippen LogP contribution in [0, 0.1) is 0 Å². The van der Waals surface area contributed by atoms with Gasteiger partial charge in [0.1, 0.15) is 5.52 Å². The van der Waals surface area contributed by atoms with Crippen LogP contribution in [0.3, 0.4) is 0 Å². The number of benzene rings is 3. The summed E-state index contributed by atoms with van der Waals surface area (Å²) in [6, 6.07) is 22.4. The van der Waals surface area contributed by atoms with Gasteiger partial charge in [0, 0.05) is 21.2 Å². The van der Waals surface area contributed by atoms with Gasteiger partial charge < -0.3 is 15.1 Å². The lowest BCUT2D eigenvalue weighted by atomic mass is 10.2. The number of fused-ring (bicyclic) bond motifs is 1. The molecule has 8 heteroatoms. The summed E-state index contributed by atoms with van der Waals surface area (Å²) >= 11 is 12.5. The van der Waals surface area contributed by atoms with Crippen molar-refractivity contribution in [3.8, 4) is 11.5 Å². The molecule has 0 unspecified atom stereocenters. The number of thioether (sulfide) groups is 1. The molecule has 4 aromatic rings. The number of halogens is 1. The summed E-state index contributed by atoms with van der Waals surface area (Å²) in [5.74, 6) is 0.619. The maximum Gasteiger partial charge on any atom is 0.236 e. The van der Waals surface area contributed by atoms with E-state index in [1.165, 1.54) is 11.8 Å². The highest BCUT2D eigenvalue weighted by Gasteiger charge is 2.09. The Morgan fingerprint density at radius 2 is 1.77 bits per heavy atom. The van der Waals surface area contributed by atoms with Crippen LogP contribution in [0.2, 0.25) is 5.02 Å². The van der Waals surface area contributed by atoms with E-state index in [0.29, 0.717) is 10.9 Å². The van der Waals surface area contributed by atoms with E-state index >= 15 is 0 Å². The van der Waals surface area contributed by atoms with Crippen molar-refractivity contribution >= 4 is 63.4 Å². The molecule has 3 aromatic carbocycles. The number of oxazole rings is 1. The van der Waals surface area contributed by atoms with Gasteiger partial charge in [0.05, 0.1) is 5.75 Å². The number of carbonyl (C=O) groups excluding carboxylic acids is 1. The molecule has 150 valence electrons. The molecule has 0 aliphatic rings. The number of carbonyl (C=O) groups is 1. The van der Waals surface area contributed by atoms with Gasteiger partial charge in [-0.2, -0.15) is 0 Å². The Bertz CT molecular complexity index is 1160. The van der Waals surface area contributed by atoms with Crippen molar-refractivity contribution in [2.75, 3.05) is 11.1 Å². The fraction of sp³-hybridized carbons (Fsp3) is 0.0455. The Labute approximate surface area is 187 Å². The average Bonchev–Trinajstić information content (AvgIpc) is 3.18. The highest BCUT2D eigenvalue weighted by atomic mass is 35.5.